The molecule has 0 aliphatic carbocycles. The van der Waals surface area contributed by atoms with Crippen LogP contribution in [0.25, 0.3) is 11.3 Å². The zero-order valence-corrected chi connectivity index (χ0v) is 14.9. The molecule has 142 valence electrons. The van der Waals surface area contributed by atoms with Gasteiger partial charge in [0.1, 0.15) is 17.3 Å². The van der Waals surface area contributed by atoms with E-state index >= 15 is 0 Å². The van der Waals surface area contributed by atoms with E-state index in [0.29, 0.717) is 0 Å². The fraction of sp³-hybridized carbons (Fsp3) is 0.375. The van der Waals surface area contributed by atoms with Crippen molar-refractivity contribution < 1.29 is 32.2 Å². The van der Waals surface area contributed by atoms with Gasteiger partial charge in [0.15, 0.2) is 6.61 Å². The zero-order chi connectivity index (χ0) is 19.4. The summed E-state index contributed by atoms with van der Waals surface area (Å²) >= 11 is 5.93. The van der Waals surface area contributed by atoms with Gasteiger partial charge in [0.2, 0.25) is 5.88 Å². The van der Waals surface area contributed by atoms with E-state index in [-0.39, 0.29) is 40.1 Å². The van der Waals surface area contributed by atoms with Crippen molar-refractivity contribution in [2.75, 3.05) is 13.2 Å². The Labute approximate surface area is 152 Å². The standard InChI is InChI=1S/C16H16ClF3N2O4/c1-4-24-13(23)7-25-12-5-9(11(18)6-10(12)17)14-8(2)15(22(3)21-14)26-16(19)20/h5-6,16H,4,7H2,1-3H3. The van der Waals surface area contributed by atoms with E-state index in [4.69, 9.17) is 21.1 Å². The Hall–Kier alpha value is -2.42. The SMILES string of the molecule is CCOC(=O)COc1cc(-c2nn(C)c(OC(F)F)c2C)c(F)cc1Cl. The molecule has 0 aliphatic rings. The summed E-state index contributed by atoms with van der Waals surface area (Å²) in [6.07, 6.45) is 0. The maximum absolute atomic E-state index is 14.3. The summed E-state index contributed by atoms with van der Waals surface area (Å²) in [5.74, 6) is -1.52. The molecule has 2 rings (SSSR count). The van der Waals surface area contributed by atoms with Crippen molar-refractivity contribution in [1.82, 2.24) is 9.78 Å². The summed E-state index contributed by atoms with van der Waals surface area (Å²) in [5.41, 5.74) is 0.258. The molecular formula is C16H16ClF3N2O4. The number of nitrogens with zero attached hydrogens (tertiary/aromatic N) is 2. The van der Waals surface area contributed by atoms with Crippen LogP contribution < -0.4 is 9.47 Å². The molecule has 0 fully saturated rings. The summed E-state index contributed by atoms with van der Waals surface area (Å²) in [6.45, 7) is -0.170. The first-order valence-electron chi connectivity index (χ1n) is 7.50. The lowest BCUT2D eigenvalue weighted by molar-refractivity contribution is -0.145. The van der Waals surface area contributed by atoms with Gasteiger partial charge in [0, 0.05) is 18.2 Å². The molecule has 10 heteroatoms. The molecule has 0 bridgehead atoms. The Kier molecular flexibility index (Phi) is 6.36. The molecule has 0 N–H and O–H groups in total. The fourth-order valence-corrected chi connectivity index (χ4v) is 2.48. The van der Waals surface area contributed by atoms with E-state index in [1.165, 1.54) is 20.0 Å². The lowest BCUT2D eigenvalue weighted by Gasteiger charge is -2.10. The number of hydrogen-bond donors (Lipinski definition) is 0. The van der Waals surface area contributed by atoms with Gasteiger partial charge in [-0.1, -0.05) is 11.6 Å². The number of hydrogen-bond acceptors (Lipinski definition) is 5. The van der Waals surface area contributed by atoms with E-state index in [1.807, 2.05) is 0 Å². The molecule has 1 aromatic carbocycles. The Morgan fingerprint density at radius 3 is 2.69 bits per heavy atom. The number of ether oxygens (including phenoxy) is 3. The molecule has 0 saturated heterocycles. The van der Waals surface area contributed by atoms with E-state index in [0.717, 1.165) is 10.7 Å². The molecule has 1 aromatic heterocycles. The Morgan fingerprint density at radius 1 is 1.38 bits per heavy atom. The topological polar surface area (TPSA) is 62.6 Å². The van der Waals surface area contributed by atoms with Crippen molar-refractivity contribution in [1.29, 1.82) is 0 Å². The van der Waals surface area contributed by atoms with Crippen molar-refractivity contribution >= 4 is 17.6 Å². The predicted molar refractivity (Wildman–Crippen MR) is 87.1 cm³/mol. The van der Waals surface area contributed by atoms with Gasteiger partial charge < -0.3 is 14.2 Å². The first-order valence-corrected chi connectivity index (χ1v) is 7.88. The number of carbonyl (C=O) groups excluding carboxylic acids is 1. The van der Waals surface area contributed by atoms with Crippen molar-refractivity contribution in [3.63, 3.8) is 0 Å². The lowest BCUT2D eigenvalue weighted by Crippen LogP contribution is -2.14. The number of carbonyl (C=O) groups is 1. The Morgan fingerprint density at radius 2 is 2.08 bits per heavy atom. The van der Waals surface area contributed by atoms with Gasteiger partial charge in [0.05, 0.1) is 11.6 Å². The third-order valence-electron chi connectivity index (χ3n) is 3.35. The maximum atomic E-state index is 14.3. The first-order chi connectivity index (χ1) is 12.2. The third kappa shape index (κ3) is 4.40. The van der Waals surface area contributed by atoms with Gasteiger partial charge in [-0.2, -0.15) is 13.9 Å². The number of alkyl halides is 2. The monoisotopic (exact) mass is 392 g/mol. The molecule has 0 spiro atoms. The summed E-state index contributed by atoms with van der Waals surface area (Å²) < 4.78 is 54.8. The largest absolute Gasteiger partial charge is 0.480 e. The summed E-state index contributed by atoms with van der Waals surface area (Å²) in [5, 5.41) is 3.96. The minimum atomic E-state index is -3.05. The van der Waals surface area contributed by atoms with Gasteiger partial charge >= 0.3 is 12.6 Å². The number of benzene rings is 1. The van der Waals surface area contributed by atoms with E-state index in [9.17, 15) is 18.0 Å². The van der Waals surface area contributed by atoms with E-state index < -0.39 is 25.0 Å². The molecule has 0 aliphatic heterocycles. The van der Waals surface area contributed by atoms with Crippen LogP contribution in [-0.4, -0.2) is 35.6 Å². The molecule has 2 aromatic rings. The molecule has 0 saturated carbocycles. The minimum Gasteiger partial charge on any atom is -0.480 e. The molecule has 1 heterocycles. The van der Waals surface area contributed by atoms with Crippen LogP contribution in [0.4, 0.5) is 13.2 Å². The summed E-state index contributed by atoms with van der Waals surface area (Å²) in [7, 11) is 1.39. The maximum Gasteiger partial charge on any atom is 0.388 e. The average Bonchev–Trinajstić information content (AvgIpc) is 2.82. The highest BCUT2D eigenvalue weighted by Gasteiger charge is 2.22. The highest BCUT2D eigenvalue weighted by molar-refractivity contribution is 6.32. The second-order valence-electron chi connectivity index (χ2n) is 5.14. The second-order valence-corrected chi connectivity index (χ2v) is 5.54. The molecule has 0 radical (unpaired) electrons. The van der Waals surface area contributed by atoms with Crippen molar-refractivity contribution in [3.8, 4) is 22.9 Å². The van der Waals surface area contributed by atoms with Crippen molar-refractivity contribution in [2.45, 2.75) is 20.5 Å². The first kappa shape index (κ1) is 19.9. The summed E-state index contributed by atoms with van der Waals surface area (Å²) in [6, 6.07) is 2.22. The van der Waals surface area contributed by atoms with E-state index in [2.05, 4.69) is 9.84 Å². The van der Waals surface area contributed by atoms with Crippen molar-refractivity contribution in [2.24, 2.45) is 7.05 Å². The van der Waals surface area contributed by atoms with Crippen LogP contribution in [0.2, 0.25) is 5.02 Å². The fourth-order valence-electron chi connectivity index (χ4n) is 2.28. The number of rotatable bonds is 7. The number of esters is 1. The van der Waals surface area contributed by atoms with Gasteiger partial charge in [-0.3, -0.25) is 0 Å². The van der Waals surface area contributed by atoms with Crippen LogP contribution in [0, 0.1) is 12.7 Å². The average molecular weight is 393 g/mol. The van der Waals surface area contributed by atoms with Crippen LogP contribution in [0.5, 0.6) is 11.6 Å². The van der Waals surface area contributed by atoms with Gasteiger partial charge in [0.25, 0.3) is 0 Å². The van der Waals surface area contributed by atoms with Crippen LogP contribution in [0.15, 0.2) is 12.1 Å². The van der Waals surface area contributed by atoms with Gasteiger partial charge in [-0.15, -0.1) is 0 Å². The number of halogens is 4. The quantitative estimate of drug-likeness (QED) is 0.672. The van der Waals surface area contributed by atoms with Gasteiger partial charge in [-0.25, -0.2) is 13.9 Å². The zero-order valence-electron chi connectivity index (χ0n) is 14.2. The molecule has 0 amide bonds. The third-order valence-corrected chi connectivity index (χ3v) is 3.64. The Bertz CT molecular complexity index is 811. The minimum absolute atomic E-state index is 0.0255. The molecule has 6 nitrogen and oxygen atoms in total. The molecule has 0 unspecified atom stereocenters. The highest BCUT2D eigenvalue weighted by Crippen LogP contribution is 2.36. The van der Waals surface area contributed by atoms with E-state index in [1.54, 1.807) is 6.92 Å². The number of aromatic nitrogens is 2. The normalized spacial score (nSPS) is 10.9. The molecular weight excluding hydrogens is 377 g/mol. The van der Waals surface area contributed by atoms with Crippen LogP contribution in [-0.2, 0) is 16.6 Å². The lowest BCUT2D eigenvalue weighted by atomic mass is 10.1. The van der Waals surface area contributed by atoms with Crippen LogP contribution in [0.3, 0.4) is 0 Å². The molecule has 26 heavy (non-hydrogen) atoms. The Balaban J connectivity index is 2.38. The van der Waals surface area contributed by atoms with Gasteiger partial charge in [-0.05, 0) is 26.0 Å². The smallest absolute Gasteiger partial charge is 0.388 e. The number of aryl methyl sites for hydroxylation is 1. The second kappa shape index (κ2) is 8.31. The predicted octanol–water partition coefficient (Wildman–Crippen LogP) is 3.73. The van der Waals surface area contributed by atoms with Crippen LogP contribution >= 0.6 is 11.6 Å². The van der Waals surface area contributed by atoms with Crippen LogP contribution in [0.1, 0.15) is 12.5 Å². The summed E-state index contributed by atoms with van der Waals surface area (Å²) in [4.78, 5) is 11.4. The van der Waals surface area contributed by atoms with Crippen molar-refractivity contribution in [3.05, 3.63) is 28.5 Å². The highest BCUT2D eigenvalue weighted by atomic mass is 35.5. The molecule has 0 atom stereocenters.